The molecule has 0 spiro atoms. The van der Waals surface area contributed by atoms with Gasteiger partial charge < -0.3 is 5.32 Å². The van der Waals surface area contributed by atoms with Crippen LogP contribution in [0.25, 0.3) is 0 Å². The van der Waals surface area contributed by atoms with Crippen LogP contribution in [0.2, 0.25) is 0 Å². The van der Waals surface area contributed by atoms with Gasteiger partial charge in [0.1, 0.15) is 5.82 Å². The van der Waals surface area contributed by atoms with E-state index in [0.717, 1.165) is 9.26 Å². The molecule has 0 aliphatic heterocycles. The Bertz CT molecular complexity index is 393. The van der Waals surface area contributed by atoms with Gasteiger partial charge in [-0.3, -0.25) is 0 Å². The van der Waals surface area contributed by atoms with Gasteiger partial charge in [-0.2, -0.15) is 0 Å². The third-order valence-electron chi connectivity index (χ3n) is 3.63. The van der Waals surface area contributed by atoms with Gasteiger partial charge in [-0.05, 0) is 71.9 Å². The van der Waals surface area contributed by atoms with Crippen LogP contribution < -0.4 is 5.32 Å². The van der Waals surface area contributed by atoms with Crippen LogP contribution in [-0.2, 0) is 0 Å². The van der Waals surface area contributed by atoms with Gasteiger partial charge in [0, 0.05) is 15.3 Å². The second-order valence-electron chi connectivity index (χ2n) is 5.71. The molecule has 17 heavy (non-hydrogen) atoms. The minimum absolute atomic E-state index is 0.162. The molecule has 0 saturated heterocycles. The summed E-state index contributed by atoms with van der Waals surface area (Å²) in [5.41, 5.74) is 1.56. The van der Waals surface area contributed by atoms with E-state index >= 15 is 0 Å². The molecule has 0 unspecified atom stereocenters. The Morgan fingerprint density at radius 3 is 2.53 bits per heavy atom. The number of halogens is 2. The summed E-state index contributed by atoms with van der Waals surface area (Å²) >= 11 is 2.19. The predicted octanol–water partition coefficient (Wildman–Crippen LogP) is 4.81. The van der Waals surface area contributed by atoms with Crippen LogP contribution >= 0.6 is 22.6 Å². The zero-order valence-electron chi connectivity index (χ0n) is 10.4. The lowest BCUT2D eigenvalue weighted by Crippen LogP contribution is -2.30. The molecule has 2 rings (SSSR count). The van der Waals surface area contributed by atoms with E-state index in [9.17, 15) is 4.39 Å². The molecule has 1 N–H and O–H groups in total. The Hall–Kier alpha value is -0.320. The van der Waals surface area contributed by atoms with Crippen LogP contribution in [0.1, 0.15) is 39.5 Å². The number of benzene rings is 1. The van der Waals surface area contributed by atoms with Crippen molar-refractivity contribution >= 4 is 28.3 Å². The van der Waals surface area contributed by atoms with E-state index < -0.39 is 0 Å². The maximum absolute atomic E-state index is 13.0. The highest BCUT2D eigenvalue weighted by Gasteiger charge is 2.26. The van der Waals surface area contributed by atoms with Gasteiger partial charge in [0.2, 0.25) is 0 Å². The van der Waals surface area contributed by atoms with Crippen molar-refractivity contribution in [3.63, 3.8) is 0 Å². The third-order valence-corrected chi connectivity index (χ3v) is 4.52. The summed E-state index contributed by atoms with van der Waals surface area (Å²) in [6, 6.07) is 5.49. The lowest BCUT2D eigenvalue weighted by molar-refractivity contribution is 0.232. The minimum Gasteiger partial charge on any atom is -0.381 e. The van der Waals surface area contributed by atoms with Crippen molar-refractivity contribution in [2.75, 3.05) is 5.32 Å². The summed E-state index contributed by atoms with van der Waals surface area (Å²) in [5.74, 6) is -0.162. The second-order valence-corrected chi connectivity index (χ2v) is 6.87. The predicted molar refractivity (Wildman–Crippen MR) is 78.8 cm³/mol. The fraction of sp³-hybridized carbons (Fsp3) is 0.571. The fourth-order valence-electron chi connectivity index (χ4n) is 2.37. The van der Waals surface area contributed by atoms with Crippen molar-refractivity contribution in [3.8, 4) is 0 Å². The van der Waals surface area contributed by atoms with Crippen LogP contribution in [0.4, 0.5) is 10.1 Å². The SMILES string of the molecule is CC1(C)CCC(Nc2ccc(F)cc2I)CC1. The molecule has 1 nitrogen and oxygen atoms in total. The second kappa shape index (κ2) is 5.12. The van der Waals surface area contributed by atoms with Crippen LogP contribution in [0.5, 0.6) is 0 Å². The number of hydrogen-bond acceptors (Lipinski definition) is 1. The van der Waals surface area contributed by atoms with E-state index in [0.29, 0.717) is 11.5 Å². The van der Waals surface area contributed by atoms with Crippen molar-refractivity contribution in [1.82, 2.24) is 0 Å². The Morgan fingerprint density at radius 2 is 1.94 bits per heavy atom. The molecule has 1 saturated carbocycles. The quantitative estimate of drug-likeness (QED) is 0.757. The first kappa shape index (κ1) is 13.1. The average Bonchev–Trinajstić information content (AvgIpc) is 2.25. The molecule has 1 aliphatic carbocycles. The molecule has 1 aliphatic rings. The highest BCUT2D eigenvalue weighted by atomic mass is 127. The largest absolute Gasteiger partial charge is 0.381 e. The Morgan fingerprint density at radius 1 is 1.29 bits per heavy atom. The van der Waals surface area contributed by atoms with Crippen molar-refractivity contribution < 1.29 is 4.39 Å². The maximum atomic E-state index is 13.0. The molecule has 0 heterocycles. The molecule has 0 bridgehead atoms. The van der Waals surface area contributed by atoms with Crippen LogP contribution in [0.3, 0.4) is 0 Å². The highest BCUT2D eigenvalue weighted by Crippen LogP contribution is 2.36. The summed E-state index contributed by atoms with van der Waals surface area (Å²) in [6.45, 7) is 4.68. The molecule has 1 aromatic carbocycles. The first-order chi connectivity index (χ1) is 7.96. The van der Waals surface area contributed by atoms with Gasteiger partial charge >= 0.3 is 0 Å². The van der Waals surface area contributed by atoms with Crippen molar-refractivity contribution in [2.45, 2.75) is 45.6 Å². The lowest BCUT2D eigenvalue weighted by atomic mass is 9.75. The summed E-state index contributed by atoms with van der Waals surface area (Å²) in [6.07, 6.45) is 4.95. The Kier molecular flexibility index (Phi) is 3.95. The van der Waals surface area contributed by atoms with E-state index in [1.54, 1.807) is 6.07 Å². The molecule has 0 radical (unpaired) electrons. The third kappa shape index (κ3) is 3.57. The van der Waals surface area contributed by atoms with Gasteiger partial charge in [-0.25, -0.2) is 4.39 Å². The zero-order valence-corrected chi connectivity index (χ0v) is 12.6. The highest BCUT2D eigenvalue weighted by molar-refractivity contribution is 14.1. The Balaban J connectivity index is 1.98. The number of rotatable bonds is 2. The standard InChI is InChI=1S/C14H19FIN/c1-14(2)7-5-11(6-8-14)17-13-4-3-10(15)9-12(13)16/h3-4,9,11,17H,5-8H2,1-2H3. The van der Waals surface area contributed by atoms with Gasteiger partial charge in [0.05, 0.1) is 0 Å². The normalized spacial score (nSPS) is 20.2. The number of hydrogen-bond donors (Lipinski definition) is 1. The summed E-state index contributed by atoms with van der Waals surface area (Å²) in [5, 5.41) is 3.54. The van der Waals surface area contributed by atoms with Gasteiger partial charge in [0.25, 0.3) is 0 Å². The van der Waals surface area contributed by atoms with Gasteiger partial charge in [-0.1, -0.05) is 13.8 Å². The molecular weight excluding hydrogens is 328 g/mol. The van der Waals surface area contributed by atoms with Crippen molar-refractivity contribution in [1.29, 1.82) is 0 Å². The molecule has 94 valence electrons. The van der Waals surface area contributed by atoms with Crippen LogP contribution in [0, 0.1) is 14.8 Å². The topological polar surface area (TPSA) is 12.0 Å². The summed E-state index contributed by atoms with van der Waals surface area (Å²) in [4.78, 5) is 0. The molecule has 0 amide bonds. The van der Waals surface area contributed by atoms with Crippen molar-refractivity contribution in [2.24, 2.45) is 5.41 Å². The first-order valence-corrected chi connectivity index (χ1v) is 7.26. The molecule has 3 heteroatoms. The lowest BCUT2D eigenvalue weighted by Gasteiger charge is -2.35. The zero-order chi connectivity index (χ0) is 12.5. The van der Waals surface area contributed by atoms with Crippen molar-refractivity contribution in [3.05, 3.63) is 27.6 Å². The maximum Gasteiger partial charge on any atom is 0.124 e. The first-order valence-electron chi connectivity index (χ1n) is 6.18. The Labute approximate surface area is 116 Å². The van der Waals surface area contributed by atoms with Crippen LogP contribution in [-0.4, -0.2) is 6.04 Å². The van der Waals surface area contributed by atoms with E-state index in [2.05, 4.69) is 41.8 Å². The number of anilines is 1. The molecule has 1 fully saturated rings. The summed E-state index contributed by atoms with van der Waals surface area (Å²) < 4.78 is 14.0. The smallest absolute Gasteiger partial charge is 0.124 e. The van der Waals surface area contributed by atoms with Crippen LogP contribution in [0.15, 0.2) is 18.2 Å². The molecule has 1 aromatic rings. The van der Waals surface area contributed by atoms with Gasteiger partial charge in [-0.15, -0.1) is 0 Å². The minimum atomic E-state index is -0.162. The van der Waals surface area contributed by atoms with E-state index in [-0.39, 0.29) is 5.82 Å². The molecular formula is C14H19FIN. The molecule has 0 atom stereocenters. The number of nitrogens with one attached hydrogen (secondary N) is 1. The van der Waals surface area contributed by atoms with E-state index in [1.165, 1.54) is 31.7 Å². The fourth-order valence-corrected chi connectivity index (χ4v) is 3.00. The average molecular weight is 347 g/mol. The van der Waals surface area contributed by atoms with Gasteiger partial charge in [0.15, 0.2) is 0 Å². The summed E-state index contributed by atoms with van der Waals surface area (Å²) in [7, 11) is 0. The van der Waals surface area contributed by atoms with E-state index in [1.807, 2.05) is 6.07 Å². The monoisotopic (exact) mass is 347 g/mol. The molecule has 0 aromatic heterocycles. The van der Waals surface area contributed by atoms with E-state index in [4.69, 9.17) is 0 Å².